The fourth-order valence-corrected chi connectivity index (χ4v) is 4.12. The Kier molecular flexibility index (Phi) is 6.01. The molecule has 170 valence electrons. The summed E-state index contributed by atoms with van der Waals surface area (Å²) in [4.78, 5) is 2.10. The van der Waals surface area contributed by atoms with E-state index < -0.39 is 0 Å². The number of aromatic nitrogens is 3. The fourth-order valence-electron chi connectivity index (χ4n) is 4.12. The summed E-state index contributed by atoms with van der Waals surface area (Å²) in [5.74, 6) is 1.16. The Bertz CT molecular complexity index is 1370. The second-order valence-corrected chi connectivity index (χ2v) is 8.11. The van der Waals surface area contributed by atoms with E-state index in [1.807, 2.05) is 62.5 Å². The van der Waals surface area contributed by atoms with Crippen molar-refractivity contribution in [1.82, 2.24) is 20.3 Å². The van der Waals surface area contributed by atoms with E-state index >= 15 is 0 Å². The fraction of sp³-hybridized carbons (Fsp3) is 0.148. The lowest BCUT2D eigenvalue weighted by Crippen LogP contribution is -2.25. The molecule has 0 amide bonds. The topological polar surface area (TPSA) is 68.2 Å². The van der Waals surface area contributed by atoms with Crippen LogP contribution in [0.25, 0.3) is 22.7 Å². The number of hydrogen-bond donors (Lipinski definition) is 0. The summed E-state index contributed by atoms with van der Waals surface area (Å²) in [7, 11) is 1.98. The van der Waals surface area contributed by atoms with E-state index in [9.17, 15) is 4.39 Å². The number of aryl methyl sites for hydroxylation is 1. The van der Waals surface area contributed by atoms with Gasteiger partial charge >= 0.3 is 0 Å². The second kappa shape index (κ2) is 9.41. The lowest BCUT2D eigenvalue weighted by atomic mass is 9.97. The highest BCUT2D eigenvalue weighted by atomic mass is 19.1. The zero-order valence-corrected chi connectivity index (χ0v) is 18.9. The van der Waals surface area contributed by atoms with Crippen molar-refractivity contribution in [2.45, 2.75) is 19.5 Å². The summed E-state index contributed by atoms with van der Waals surface area (Å²) in [5, 5.41) is 12.8. The summed E-state index contributed by atoms with van der Waals surface area (Å²) in [6, 6.07) is 26.2. The van der Waals surface area contributed by atoms with Crippen LogP contribution in [0.1, 0.15) is 28.8 Å². The SMILES string of the molecule is Cc1onc(-c2ccccc2)c1-c1nnc(CN(C)C(c2ccccc2)c2ccc(F)cc2)o1. The highest BCUT2D eigenvalue weighted by Crippen LogP contribution is 2.34. The van der Waals surface area contributed by atoms with E-state index in [-0.39, 0.29) is 11.9 Å². The van der Waals surface area contributed by atoms with Gasteiger partial charge < -0.3 is 8.94 Å². The van der Waals surface area contributed by atoms with Crippen LogP contribution >= 0.6 is 0 Å². The van der Waals surface area contributed by atoms with Crippen LogP contribution < -0.4 is 0 Å². The van der Waals surface area contributed by atoms with E-state index in [2.05, 4.69) is 32.4 Å². The number of nitrogens with zero attached hydrogens (tertiary/aromatic N) is 4. The van der Waals surface area contributed by atoms with Crippen LogP contribution in [0, 0.1) is 12.7 Å². The molecule has 0 aliphatic carbocycles. The lowest BCUT2D eigenvalue weighted by Gasteiger charge is -2.28. The van der Waals surface area contributed by atoms with E-state index in [0.29, 0.717) is 35.3 Å². The standard InChI is InChI=1S/C27H23FN4O2/c1-18-24(25(31-34-18)19-9-5-3-6-10-19)27-30-29-23(33-27)17-32(2)26(20-11-7-4-8-12-20)21-13-15-22(28)16-14-21/h3-16,26H,17H2,1-2H3. The largest absolute Gasteiger partial charge is 0.419 e. The lowest BCUT2D eigenvalue weighted by molar-refractivity contribution is 0.243. The van der Waals surface area contributed by atoms with Gasteiger partial charge in [-0.05, 0) is 37.2 Å². The molecule has 1 atom stereocenters. The Hall–Kier alpha value is -4.10. The molecule has 2 heterocycles. The minimum atomic E-state index is -0.266. The van der Waals surface area contributed by atoms with Crippen LogP contribution in [-0.2, 0) is 6.54 Å². The van der Waals surface area contributed by atoms with Crippen molar-refractivity contribution in [3.63, 3.8) is 0 Å². The summed E-state index contributed by atoms with van der Waals surface area (Å²) >= 11 is 0. The molecule has 0 saturated carbocycles. The van der Waals surface area contributed by atoms with Gasteiger partial charge in [-0.2, -0.15) is 0 Å². The highest BCUT2D eigenvalue weighted by Gasteiger charge is 2.24. The number of rotatable bonds is 7. The first-order chi connectivity index (χ1) is 16.6. The first-order valence-electron chi connectivity index (χ1n) is 11.0. The van der Waals surface area contributed by atoms with Gasteiger partial charge in [0.25, 0.3) is 5.89 Å². The maximum atomic E-state index is 13.6. The van der Waals surface area contributed by atoms with E-state index in [1.165, 1.54) is 12.1 Å². The third-order valence-corrected chi connectivity index (χ3v) is 5.72. The molecule has 0 aliphatic rings. The summed E-state index contributed by atoms with van der Waals surface area (Å²) < 4.78 is 25.1. The first kappa shape index (κ1) is 21.7. The number of benzene rings is 3. The molecular weight excluding hydrogens is 431 g/mol. The maximum absolute atomic E-state index is 13.6. The molecule has 5 rings (SSSR count). The molecular formula is C27H23FN4O2. The third kappa shape index (κ3) is 4.38. The second-order valence-electron chi connectivity index (χ2n) is 8.11. The van der Waals surface area contributed by atoms with Crippen molar-refractivity contribution >= 4 is 0 Å². The molecule has 0 spiro atoms. The van der Waals surface area contributed by atoms with Gasteiger partial charge in [0.2, 0.25) is 5.89 Å². The molecule has 3 aromatic carbocycles. The van der Waals surface area contributed by atoms with Crippen LogP contribution in [0.3, 0.4) is 0 Å². The zero-order chi connectivity index (χ0) is 23.5. The molecule has 0 aliphatic heterocycles. The summed E-state index contributed by atoms with van der Waals surface area (Å²) in [6.45, 7) is 2.22. The van der Waals surface area contributed by atoms with E-state index in [0.717, 1.165) is 16.7 Å². The summed E-state index contributed by atoms with van der Waals surface area (Å²) in [5.41, 5.74) is 4.31. The molecule has 2 aromatic heterocycles. The predicted octanol–water partition coefficient (Wildman–Crippen LogP) is 6.06. The van der Waals surface area contributed by atoms with Crippen molar-refractivity contribution in [3.8, 4) is 22.7 Å². The van der Waals surface area contributed by atoms with Crippen LogP contribution in [0.2, 0.25) is 0 Å². The van der Waals surface area contributed by atoms with Crippen molar-refractivity contribution in [1.29, 1.82) is 0 Å². The smallest absolute Gasteiger partial charge is 0.253 e. The van der Waals surface area contributed by atoms with E-state index in [1.54, 1.807) is 12.1 Å². The van der Waals surface area contributed by atoms with Gasteiger partial charge in [0, 0.05) is 5.56 Å². The average molecular weight is 455 g/mol. The molecule has 0 fully saturated rings. The van der Waals surface area contributed by atoms with Crippen molar-refractivity contribution in [3.05, 3.63) is 114 Å². The molecule has 0 bridgehead atoms. The van der Waals surface area contributed by atoms with Gasteiger partial charge in [0.05, 0.1) is 12.6 Å². The maximum Gasteiger partial charge on any atom is 0.253 e. The van der Waals surface area contributed by atoms with Gasteiger partial charge in [-0.3, -0.25) is 4.90 Å². The van der Waals surface area contributed by atoms with Crippen LogP contribution in [-0.4, -0.2) is 27.3 Å². The summed E-state index contributed by atoms with van der Waals surface area (Å²) in [6.07, 6.45) is 0. The first-order valence-corrected chi connectivity index (χ1v) is 11.0. The van der Waals surface area contributed by atoms with Gasteiger partial charge in [0.15, 0.2) is 0 Å². The van der Waals surface area contributed by atoms with Gasteiger partial charge in [-0.25, -0.2) is 4.39 Å². The molecule has 7 heteroatoms. The average Bonchev–Trinajstić information content (AvgIpc) is 3.47. The molecule has 0 N–H and O–H groups in total. The number of halogens is 1. The Labute approximate surface area is 196 Å². The predicted molar refractivity (Wildman–Crippen MR) is 126 cm³/mol. The normalized spacial score (nSPS) is 12.2. The van der Waals surface area contributed by atoms with Crippen LogP contribution in [0.4, 0.5) is 4.39 Å². The van der Waals surface area contributed by atoms with Crippen LogP contribution in [0.15, 0.2) is 93.9 Å². The van der Waals surface area contributed by atoms with E-state index in [4.69, 9.17) is 8.94 Å². The highest BCUT2D eigenvalue weighted by molar-refractivity contribution is 5.77. The molecule has 5 aromatic rings. The van der Waals surface area contributed by atoms with Gasteiger partial charge in [-0.15, -0.1) is 10.2 Å². The Morgan fingerprint density at radius 1 is 0.853 bits per heavy atom. The quantitative estimate of drug-likeness (QED) is 0.298. The minimum Gasteiger partial charge on any atom is -0.419 e. The van der Waals surface area contributed by atoms with Crippen LogP contribution in [0.5, 0.6) is 0 Å². The van der Waals surface area contributed by atoms with Crippen molar-refractivity contribution in [2.75, 3.05) is 7.05 Å². The number of hydrogen-bond acceptors (Lipinski definition) is 6. The third-order valence-electron chi connectivity index (χ3n) is 5.72. The monoisotopic (exact) mass is 454 g/mol. The Morgan fingerprint density at radius 3 is 2.21 bits per heavy atom. The van der Waals surface area contributed by atoms with Gasteiger partial charge in [0.1, 0.15) is 22.8 Å². The molecule has 0 radical (unpaired) electrons. The minimum absolute atomic E-state index is 0.116. The molecule has 1 unspecified atom stereocenters. The van der Waals surface area contributed by atoms with Crippen molar-refractivity contribution in [2.24, 2.45) is 0 Å². The Morgan fingerprint density at radius 2 is 1.50 bits per heavy atom. The Balaban J connectivity index is 1.44. The van der Waals surface area contributed by atoms with Gasteiger partial charge in [-0.1, -0.05) is 78.0 Å². The zero-order valence-electron chi connectivity index (χ0n) is 18.9. The molecule has 34 heavy (non-hydrogen) atoms. The molecule has 6 nitrogen and oxygen atoms in total. The van der Waals surface area contributed by atoms with Crippen molar-refractivity contribution < 1.29 is 13.3 Å². The molecule has 0 saturated heterocycles.